The highest BCUT2D eigenvalue weighted by Gasteiger charge is 2.27. The number of rotatable bonds is 4. The molecule has 0 aliphatic carbocycles. The lowest BCUT2D eigenvalue weighted by atomic mass is 10.1. The lowest BCUT2D eigenvalue weighted by Crippen LogP contribution is -1.98. The number of Topliss-reactive ketones (excluding diaryl/α,β-unsaturated/α-hetero) is 1. The van der Waals surface area contributed by atoms with Crippen LogP contribution in [0.2, 0.25) is 10.0 Å². The summed E-state index contributed by atoms with van der Waals surface area (Å²) in [6.45, 7) is 0.287. The Morgan fingerprint density at radius 2 is 1.78 bits per heavy atom. The van der Waals surface area contributed by atoms with Gasteiger partial charge in [-0.2, -0.15) is 0 Å². The lowest BCUT2D eigenvalue weighted by Gasteiger charge is -2.09. The molecule has 0 amide bonds. The molecule has 3 nitrogen and oxygen atoms in total. The molecule has 1 aliphatic heterocycles. The van der Waals surface area contributed by atoms with Crippen LogP contribution in [0.5, 0.6) is 11.5 Å². The van der Waals surface area contributed by atoms with Crippen molar-refractivity contribution in [2.75, 3.05) is 0 Å². The summed E-state index contributed by atoms with van der Waals surface area (Å²) in [5, 5.41) is 1.12. The summed E-state index contributed by atoms with van der Waals surface area (Å²) < 4.78 is 11.5. The predicted molar refractivity (Wildman–Crippen MR) is 107 cm³/mol. The van der Waals surface area contributed by atoms with Crippen LogP contribution in [0.3, 0.4) is 0 Å². The molecule has 3 aromatic carbocycles. The van der Waals surface area contributed by atoms with Crippen molar-refractivity contribution in [3.8, 4) is 11.5 Å². The van der Waals surface area contributed by atoms with Gasteiger partial charge in [-0.15, -0.1) is 0 Å². The number of fused-ring (bicyclic) bond motifs is 1. The third kappa shape index (κ3) is 3.85. The van der Waals surface area contributed by atoms with Crippen molar-refractivity contribution in [1.82, 2.24) is 0 Å². The number of benzene rings is 3. The van der Waals surface area contributed by atoms with Gasteiger partial charge in [0.15, 0.2) is 5.76 Å². The van der Waals surface area contributed by atoms with Crippen molar-refractivity contribution in [2.45, 2.75) is 6.61 Å². The number of allylic oxidation sites excluding steroid dienone is 1. The molecule has 0 spiro atoms. The molecule has 0 bridgehead atoms. The van der Waals surface area contributed by atoms with Crippen molar-refractivity contribution < 1.29 is 14.3 Å². The zero-order valence-electron chi connectivity index (χ0n) is 14.1. The number of ether oxygens (including phenoxy) is 2. The summed E-state index contributed by atoms with van der Waals surface area (Å²) in [5.74, 6) is 1.24. The van der Waals surface area contributed by atoms with Crippen molar-refractivity contribution in [3.63, 3.8) is 0 Å². The van der Waals surface area contributed by atoms with Crippen LogP contribution in [-0.4, -0.2) is 5.78 Å². The minimum atomic E-state index is -0.138. The topological polar surface area (TPSA) is 35.5 Å². The summed E-state index contributed by atoms with van der Waals surface area (Å²) in [7, 11) is 0. The fourth-order valence-electron chi connectivity index (χ4n) is 2.76. The van der Waals surface area contributed by atoms with Gasteiger partial charge in [-0.3, -0.25) is 4.79 Å². The van der Waals surface area contributed by atoms with Crippen LogP contribution in [0.15, 0.2) is 72.5 Å². The van der Waals surface area contributed by atoms with E-state index in [2.05, 4.69) is 0 Å². The SMILES string of the molecule is O=C1/C(=C/c2ccccc2)Oc2cc(OCc3ccc(Cl)cc3Cl)ccc21. The van der Waals surface area contributed by atoms with E-state index in [-0.39, 0.29) is 12.4 Å². The minimum Gasteiger partial charge on any atom is -0.489 e. The second-order valence-electron chi connectivity index (χ2n) is 6.03. The van der Waals surface area contributed by atoms with E-state index in [1.54, 1.807) is 36.4 Å². The lowest BCUT2D eigenvalue weighted by molar-refractivity contribution is 0.101. The van der Waals surface area contributed by atoms with E-state index in [9.17, 15) is 4.79 Å². The van der Waals surface area contributed by atoms with Gasteiger partial charge in [-0.1, -0.05) is 59.6 Å². The summed E-state index contributed by atoms with van der Waals surface area (Å²) in [4.78, 5) is 12.5. The molecule has 3 aromatic rings. The summed E-state index contributed by atoms with van der Waals surface area (Å²) in [6.07, 6.45) is 1.73. The van der Waals surface area contributed by atoms with Gasteiger partial charge in [-0.05, 0) is 35.9 Å². The first-order valence-corrected chi connectivity index (χ1v) is 9.06. The van der Waals surface area contributed by atoms with Gasteiger partial charge in [0.05, 0.1) is 5.56 Å². The van der Waals surface area contributed by atoms with E-state index in [1.807, 2.05) is 36.4 Å². The van der Waals surface area contributed by atoms with Gasteiger partial charge in [0.1, 0.15) is 18.1 Å². The molecule has 0 saturated heterocycles. The monoisotopic (exact) mass is 396 g/mol. The molecule has 0 atom stereocenters. The first kappa shape index (κ1) is 17.7. The molecule has 0 unspecified atom stereocenters. The number of halogens is 2. The van der Waals surface area contributed by atoms with Crippen LogP contribution < -0.4 is 9.47 Å². The minimum absolute atomic E-state index is 0.138. The third-order valence-corrected chi connectivity index (χ3v) is 4.74. The van der Waals surface area contributed by atoms with Crippen LogP contribution >= 0.6 is 23.2 Å². The molecule has 0 aromatic heterocycles. The smallest absolute Gasteiger partial charge is 0.231 e. The number of hydrogen-bond donors (Lipinski definition) is 0. The Hall–Kier alpha value is -2.75. The number of carbonyl (C=O) groups excluding carboxylic acids is 1. The molecule has 0 fully saturated rings. The molecule has 27 heavy (non-hydrogen) atoms. The van der Waals surface area contributed by atoms with Crippen molar-refractivity contribution in [3.05, 3.63) is 99.2 Å². The summed E-state index contributed by atoms with van der Waals surface area (Å²) in [6, 6.07) is 20.0. The van der Waals surface area contributed by atoms with Crippen LogP contribution in [0.1, 0.15) is 21.5 Å². The molecule has 1 aliphatic rings. The maximum absolute atomic E-state index is 12.5. The molecule has 5 heteroatoms. The van der Waals surface area contributed by atoms with Gasteiger partial charge in [0, 0.05) is 21.7 Å². The van der Waals surface area contributed by atoms with E-state index in [1.165, 1.54) is 0 Å². The molecule has 0 radical (unpaired) electrons. The molecular formula is C22H14Cl2O3. The fourth-order valence-corrected chi connectivity index (χ4v) is 3.22. The predicted octanol–water partition coefficient (Wildman–Crippen LogP) is 6.19. The number of ketones is 1. The normalized spacial score (nSPS) is 14.1. The number of carbonyl (C=O) groups is 1. The molecular weight excluding hydrogens is 383 g/mol. The fraction of sp³-hybridized carbons (Fsp3) is 0.0455. The van der Waals surface area contributed by atoms with E-state index in [4.69, 9.17) is 32.7 Å². The Bertz CT molecular complexity index is 1040. The second kappa shape index (κ2) is 7.47. The largest absolute Gasteiger partial charge is 0.489 e. The first-order chi connectivity index (χ1) is 13.1. The molecule has 0 N–H and O–H groups in total. The van der Waals surface area contributed by atoms with E-state index < -0.39 is 0 Å². The quantitative estimate of drug-likeness (QED) is 0.493. The highest BCUT2D eigenvalue weighted by molar-refractivity contribution is 6.35. The Labute approximate surface area is 166 Å². The van der Waals surface area contributed by atoms with Gasteiger partial charge in [0.25, 0.3) is 0 Å². The average Bonchev–Trinajstić information content (AvgIpc) is 2.97. The molecule has 4 rings (SSSR count). The zero-order chi connectivity index (χ0) is 18.8. The standard InChI is InChI=1S/C22H14Cl2O3/c23-16-7-6-15(19(24)11-16)13-26-17-8-9-18-20(12-17)27-21(22(18)25)10-14-4-2-1-3-5-14/h1-12H,13H2/b21-10-. The highest BCUT2D eigenvalue weighted by Crippen LogP contribution is 2.35. The Morgan fingerprint density at radius 3 is 2.56 bits per heavy atom. The summed E-state index contributed by atoms with van der Waals surface area (Å²) >= 11 is 12.1. The van der Waals surface area contributed by atoms with E-state index in [0.29, 0.717) is 32.9 Å². The Balaban J connectivity index is 1.51. The molecule has 0 saturated carbocycles. The third-order valence-electron chi connectivity index (χ3n) is 4.15. The summed E-state index contributed by atoms with van der Waals surface area (Å²) in [5.41, 5.74) is 2.25. The average molecular weight is 397 g/mol. The van der Waals surface area contributed by atoms with Crippen molar-refractivity contribution >= 4 is 35.1 Å². The first-order valence-electron chi connectivity index (χ1n) is 8.30. The Morgan fingerprint density at radius 1 is 0.963 bits per heavy atom. The van der Waals surface area contributed by atoms with Gasteiger partial charge >= 0.3 is 0 Å². The van der Waals surface area contributed by atoms with E-state index >= 15 is 0 Å². The molecule has 134 valence electrons. The van der Waals surface area contributed by atoms with Gasteiger partial charge in [-0.25, -0.2) is 0 Å². The van der Waals surface area contributed by atoms with E-state index in [0.717, 1.165) is 11.1 Å². The maximum Gasteiger partial charge on any atom is 0.231 e. The van der Waals surface area contributed by atoms with Crippen LogP contribution in [-0.2, 0) is 6.61 Å². The van der Waals surface area contributed by atoms with Gasteiger partial charge in [0.2, 0.25) is 5.78 Å². The second-order valence-corrected chi connectivity index (χ2v) is 6.88. The van der Waals surface area contributed by atoms with Crippen LogP contribution in [0.4, 0.5) is 0 Å². The maximum atomic E-state index is 12.5. The van der Waals surface area contributed by atoms with Crippen LogP contribution in [0, 0.1) is 0 Å². The molecule has 1 heterocycles. The number of hydrogen-bond acceptors (Lipinski definition) is 3. The van der Waals surface area contributed by atoms with Crippen molar-refractivity contribution in [2.24, 2.45) is 0 Å². The highest BCUT2D eigenvalue weighted by atomic mass is 35.5. The Kier molecular flexibility index (Phi) is 4.88. The zero-order valence-corrected chi connectivity index (χ0v) is 15.6. The van der Waals surface area contributed by atoms with Crippen molar-refractivity contribution in [1.29, 1.82) is 0 Å². The van der Waals surface area contributed by atoms with Crippen LogP contribution in [0.25, 0.3) is 6.08 Å². The van der Waals surface area contributed by atoms with Gasteiger partial charge < -0.3 is 9.47 Å².